The zero-order valence-corrected chi connectivity index (χ0v) is 14.9. The molecule has 0 aliphatic rings. The van der Waals surface area contributed by atoms with Crippen LogP contribution in [0.15, 0.2) is 46.4 Å². The quantitative estimate of drug-likeness (QED) is 0.583. The molecule has 0 saturated heterocycles. The molecule has 0 aliphatic heterocycles. The number of nitrogens with one attached hydrogen (secondary N) is 1. The van der Waals surface area contributed by atoms with Gasteiger partial charge in [-0.15, -0.1) is 0 Å². The number of hydrogen-bond donors (Lipinski definition) is 2. The zero-order valence-electron chi connectivity index (χ0n) is 12.5. The first kappa shape index (κ1) is 17.9. The number of aromatic hydroxyl groups is 1. The Bertz CT molecular complexity index is 859. The molecule has 0 fully saturated rings. The summed E-state index contributed by atoms with van der Waals surface area (Å²) < 4.78 is 5.43. The van der Waals surface area contributed by atoms with Crippen LogP contribution in [0.4, 0.5) is 5.69 Å². The lowest BCUT2D eigenvalue weighted by Gasteiger charge is -2.08. The molecular formula is C17H12BrClN2O3. The lowest BCUT2D eigenvalue weighted by Crippen LogP contribution is -2.13. The number of phenols is 1. The van der Waals surface area contributed by atoms with Crippen LogP contribution in [0.1, 0.15) is 5.56 Å². The van der Waals surface area contributed by atoms with Crippen LogP contribution >= 0.6 is 27.5 Å². The van der Waals surface area contributed by atoms with Crippen LogP contribution in [0.3, 0.4) is 0 Å². The maximum absolute atomic E-state index is 12.3. The van der Waals surface area contributed by atoms with E-state index in [1.165, 1.54) is 19.3 Å². The number of nitrogens with zero attached hydrogens (tertiary/aromatic N) is 1. The van der Waals surface area contributed by atoms with E-state index >= 15 is 0 Å². The molecule has 5 nitrogen and oxygen atoms in total. The Morgan fingerprint density at radius 3 is 2.75 bits per heavy atom. The Hall–Kier alpha value is -2.49. The van der Waals surface area contributed by atoms with Crippen molar-refractivity contribution in [3.63, 3.8) is 0 Å². The summed E-state index contributed by atoms with van der Waals surface area (Å²) in [5, 5.41) is 22.0. The zero-order chi connectivity index (χ0) is 17.7. The fraction of sp³-hybridized carbons (Fsp3) is 0.0588. The van der Waals surface area contributed by atoms with Gasteiger partial charge in [0.25, 0.3) is 5.91 Å². The number of benzene rings is 2. The Labute approximate surface area is 152 Å². The molecule has 24 heavy (non-hydrogen) atoms. The number of para-hydroxylation sites is 1. The van der Waals surface area contributed by atoms with E-state index in [-0.39, 0.29) is 17.1 Å². The molecule has 0 bridgehead atoms. The number of anilines is 1. The molecule has 0 aliphatic carbocycles. The van der Waals surface area contributed by atoms with Crippen LogP contribution in [0, 0.1) is 11.3 Å². The number of ether oxygens (including phenoxy) is 1. The number of halogens is 2. The standard InChI is InChI=1S/C17H12BrClN2O3/c1-24-15-8-10(7-12(18)16(15)22)6-11(9-20)17(23)21-14-5-3-2-4-13(14)19/h2-8,22H,1H3,(H,21,23)/b11-6-. The molecule has 2 rings (SSSR count). The highest BCUT2D eigenvalue weighted by atomic mass is 79.9. The molecule has 0 unspecified atom stereocenters. The highest BCUT2D eigenvalue weighted by Crippen LogP contribution is 2.35. The predicted octanol–water partition coefficient (Wildman–Crippen LogP) is 4.36. The Kier molecular flexibility index (Phi) is 5.85. The van der Waals surface area contributed by atoms with Gasteiger partial charge in [-0.2, -0.15) is 5.26 Å². The van der Waals surface area contributed by atoms with Crippen LogP contribution in [0.5, 0.6) is 11.5 Å². The molecule has 7 heteroatoms. The molecule has 122 valence electrons. The van der Waals surface area contributed by atoms with Crippen molar-refractivity contribution in [2.75, 3.05) is 12.4 Å². The second-order valence-corrected chi connectivity index (χ2v) is 5.92. The molecule has 0 radical (unpaired) electrons. The lowest BCUT2D eigenvalue weighted by atomic mass is 10.1. The predicted molar refractivity (Wildman–Crippen MR) is 96.0 cm³/mol. The van der Waals surface area contributed by atoms with Gasteiger partial charge >= 0.3 is 0 Å². The monoisotopic (exact) mass is 406 g/mol. The van der Waals surface area contributed by atoms with Crippen LogP contribution in [-0.2, 0) is 4.79 Å². The van der Waals surface area contributed by atoms with E-state index < -0.39 is 5.91 Å². The summed E-state index contributed by atoms with van der Waals surface area (Å²) in [6, 6.07) is 11.7. The Balaban J connectivity index is 2.33. The summed E-state index contributed by atoms with van der Waals surface area (Å²) in [5.41, 5.74) is 0.812. The Morgan fingerprint density at radius 2 is 2.12 bits per heavy atom. The largest absolute Gasteiger partial charge is 0.503 e. The molecule has 0 aromatic heterocycles. The molecule has 2 N–H and O–H groups in total. The van der Waals surface area contributed by atoms with Crippen LogP contribution < -0.4 is 10.1 Å². The molecule has 2 aromatic carbocycles. The maximum atomic E-state index is 12.3. The van der Waals surface area contributed by atoms with Gasteiger partial charge in [0.1, 0.15) is 11.6 Å². The molecule has 0 spiro atoms. The third-order valence-corrected chi connectivity index (χ3v) is 4.00. The van der Waals surface area contributed by atoms with E-state index in [2.05, 4.69) is 21.2 Å². The molecule has 0 atom stereocenters. The van der Waals surface area contributed by atoms with Gasteiger partial charge in [0.2, 0.25) is 0 Å². The SMILES string of the molecule is COc1cc(/C=C(/C#N)C(=O)Nc2ccccc2Cl)cc(Br)c1O. The number of nitriles is 1. The summed E-state index contributed by atoms with van der Waals surface area (Å²) in [6.45, 7) is 0. The topological polar surface area (TPSA) is 82.3 Å². The minimum atomic E-state index is -0.589. The number of phenolic OH excluding ortho intramolecular Hbond substituents is 1. The average Bonchev–Trinajstić information content (AvgIpc) is 2.57. The molecule has 1 amide bonds. The van der Waals surface area contributed by atoms with Gasteiger partial charge in [-0.1, -0.05) is 23.7 Å². The van der Waals surface area contributed by atoms with Crippen molar-refractivity contribution in [2.24, 2.45) is 0 Å². The van der Waals surface area contributed by atoms with Crippen molar-refractivity contribution in [2.45, 2.75) is 0 Å². The van der Waals surface area contributed by atoms with E-state index in [1.807, 2.05) is 6.07 Å². The van der Waals surface area contributed by atoms with Gasteiger partial charge in [0.05, 0.1) is 22.3 Å². The third-order valence-electron chi connectivity index (χ3n) is 3.07. The molecule has 0 heterocycles. The normalized spacial score (nSPS) is 10.8. The van der Waals surface area contributed by atoms with Crippen molar-refractivity contribution >= 4 is 45.2 Å². The summed E-state index contributed by atoms with van der Waals surface area (Å²) in [5.74, 6) is -0.429. The van der Waals surface area contributed by atoms with E-state index in [0.717, 1.165) is 0 Å². The number of carbonyl (C=O) groups excluding carboxylic acids is 1. The number of hydrogen-bond acceptors (Lipinski definition) is 4. The fourth-order valence-corrected chi connectivity index (χ4v) is 2.54. The van der Waals surface area contributed by atoms with Crippen LogP contribution in [0.25, 0.3) is 6.08 Å². The number of methoxy groups -OCH3 is 1. The third kappa shape index (κ3) is 4.07. The second kappa shape index (κ2) is 7.86. The first-order chi connectivity index (χ1) is 11.5. The Morgan fingerprint density at radius 1 is 1.42 bits per heavy atom. The van der Waals surface area contributed by atoms with Gasteiger partial charge in [-0.25, -0.2) is 0 Å². The maximum Gasteiger partial charge on any atom is 0.266 e. The fourth-order valence-electron chi connectivity index (χ4n) is 1.90. The van der Waals surface area contributed by atoms with Crippen molar-refractivity contribution in [1.29, 1.82) is 5.26 Å². The van der Waals surface area contributed by atoms with Gasteiger partial charge in [-0.3, -0.25) is 4.79 Å². The first-order valence-corrected chi connectivity index (χ1v) is 7.87. The minimum absolute atomic E-state index is 0.0614. The highest BCUT2D eigenvalue weighted by Gasteiger charge is 2.13. The summed E-state index contributed by atoms with van der Waals surface area (Å²) in [6.07, 6.45) is 1.39. The second-order valence-electron chi connectivity index (χ2n) is 4.66. The van der Waals surface area contributed by atoms with Gasteiger partial charge in [0, 0.05) is 0 Å². The smallest absolute Gasteiger partial charge is 0.266 e. The average molecular weight is 408 g/mol. The molecule has 0 saturated carbocycles. The lowest BCUT2D eigenvalue weighted by molar-refractivity contribution is -0.112. The van der Waals surface area contributed by atoms with Crippen molar-refractivity contribution in [3.8, 4) is 17.6 Å². The van der Waals surface area contributed by atoms with E-state index in [0.29, 0.717) is 20.7 Å². The minimum Gasteiger partial charge on any atom is -0.503 e. The summed E-state index contributed by atoms with van der Waals surface area (Å²) in [4.78, 5) is 12.3. The highest BCUT2D eigenvalue weighted by molar-refractivity contribution is 9.10. The number of amides is 1. The summed E-state index contributed by atoms with van der Waals surface area (Å²) in [7, 11) is 1.41. The van der Waals surface area contributed by atoms with Gasteiger partial charge < -0.3 is 15.2 Å². The molecular weight excluding hydrogens is 396 g/mol. The van der Waals surface area contributed by atoms with Crippen molar-refractivity contribution in [1.82, 2.24) is 0 Å². The van der Waals surface area contributed by atoms with E-state index in [1.54, 1.807) is 30.3 Å². The number of carbonyl (C=O) groups is 1. The first-order valence-electron chi connectivity index (χ1n) is 6.70. The van der Waals surface area contributed by atoms with Gasteiger partial charge in [-0.05, 0) is 51.8 Å². The van der Waals surface area contributed by atoms with Crippen molar-refractivity contribution < 1.29 is 14.6 Å². The van der Waals surface area contributed by atoms with Crippen LogP contribution in [0.2, 0.25) is 5.02 Å². The van der Waals surface area contributed by atoms with Crippen molar-refractivity contribution in [3.05, 3.63) is 57.0 Å². The summed E-state index contributed by atoms with van der Waals surface area (Å²) >= 11 is 9.18. The van der Waals surface area contributed by atoms with Gasteiger partial charge in [0.15, 0.2) is 11.5 Å². The van der Waals surface area contributed by atoms with E-state index in [4.69, 9.17) is 16.3 Å². The number of rotatable bonds is 4. The van der Waals surface area contributed by atoms with E-state index in [9.17, 15) is 15.2 Å². The van der Waals surface area contributed by atoms with Crippen LogP contribution in [-0.4, -0.2) is 18.1 Å². The molecule has 2 aromatic rings.